The van der Waals surface area contributed by atoms with E-state index in [9.17, 15) is 23.9 Å². The second kappa shape index (κ2) is 10.7. The topological polar surface area (TPSA) is 96.2 Å². The van der Waals surface area contributed by atoms with Crippen LogP contribution in [0.4, 0.5) is 4.39 Å². The van der Waals surface area contributed by atoms with Crippen molar-refractivity contribution in [2.45, 2.75) is 19.5 Å². The number of hydrogen-bond donors (Lipinski definition) is 2. The maximum absolute atomic E-state index is 13.1. The molecule has 164 valence electrons. The number of nitrogens with zero attached hydrogens (tertiary/aromatic N) is 1. The van der Waals surface area contributed by atoms with Crippen LogP contribution < -0.4 is 4.74 Å². The van der Waals surface area contributed by atoms with E-state index in [2.05, 4.69) is 11.5 Å². The molecule has 2 aromatic carbocycles. The zero-order chi connectivity index (χ0) is 23.2. The number of allylic oxidation sites excluding steroid dienone is 3. The fourth-order valence-electron chi connectivity index (χ4n) is 2.59. The molecule has 0 aliphatic rings. The van der Waals surface area contributed by atoms with Gasteiger partial charge in [-0.2, -0.15) is 0 Å². The Hall–Kier alpha value is -2.44. The molecule has 2 aromatic rings. The van der Waals surface area contributed by atoms with Crippen LogP contribution in [0.25, 0.3) is 0 Å². The highest BCUT2D eigenvalue weighted by molar-refractivity contribution is 7.55. The maximum Gasteiger partial charge on any atom is 0.354 e. The molecule has 0 saturated carbocycles. The van der Waals surface area contributed by atoms with Gasteiger partial charge in [0.15, 0.2) is 5.75 Å². The summed E-state index contributed by atoms with van der Waals surface area (Å²) in [6, 6.07) is 8.49. The second-order valence-electron chi connectivity index (χ2n) is 6.51. The number of aliphatic hydroxyl groups is 1. The van der Waals surface area contributed by atoms with Gasteiger partial charge in [0.2, 0.25) is 0 Å². The summed E-state index contributed by atoms with van der Waals surface area (Å²) in [6.07, 6.45) is 2.89. The third-order valence-corrected chi connectivity index (χ3v) is 5.67. The van der Waals surface area contributed by atoms with Crippen LogP contribution in [0, 0.1) is 10.7 Å². The molecule has 0 aliphatic heterocycles. The molecule has 6 nitrogen and oxygen atoms in total. The quantitative estimate of drug-likeness (QED) is 0.171. The first-order valence-corrected chi connectivity index (χ1v) is 11.4. The van der Waals surface area contributed by atoms with Crippen molar-refractivity contribution in [3.63, 3.8) is 0 Å². The fourth-order valence-corrected chi connectivity index (χ4v) is 3.91. The van der Waals surface area contributed by atoms with Gasteiger partial charge in [0.25, 0.3) is 0 Å². The standard InChI is InChI=1S/C21H19Cl2FNO5P/c1-3-18(11-16(13(2)26)8-14-4-6-17(24)7-5-14)30-21-19(22)9-15(10-20(21)23)12-31(28,29)25-27/h3-7,9-11,26H,2,8,12H2,1H3,(H,28,29)/b16-11-,18-3+. The van der Waals surface area contributed by atoms with Gasteiger partial charge in [-0.05, 0) is 54.5 Å². The van der Waals surface area contributed by atoms with Crippen molar-refractivity contribution in [2.75, 3.05) is 0 Å². The number of nitroso groups, excluding NO2 is 1. The van der Waals surface area contributed by atoms with E-state index in [1.807, 2.05) is 0 Å². The fraction of sp³-hybridized carbons (Fsp3) is 0.143. The number of benzene rings is 2. The van der Waals surface area contributed by atoms with E-state index < -0.39 is 13.7 Å². The Bertz CT molecular complexity index is 1080. The van der Waals surface area contributed by atoms with Gasteiger partial charge in [0.05, 0.1) is 16.2 Å². The molecule has 0 radical (unpaired) electrons. The van der Waals surface area contributed by atoms with Gasteiger partial charge in [-0.1, -0.05) is 41.9 Å². The van der Waals surface area contributed by atoms with Crippen LogP contribution in [0.2, 0.25) is 10.0 Å². The molecule has 0 bridgehead atoms. The van der Waals surface area contributed by atoms with E-state index in [-0.39, 0.29) is 45.1 Å². The molecule has 0 heterocycles. The van der Waals surface area contributed by atoms with Gasteiger partial charge < -0.3 is 14.7 Å². The van der Waals surface area contributed by atoms with Crippen molar-refractivity contribution >= 4 is 30.7 Å². The van der Waals surface area contributed by atoms with Gasteiger partial charge in [-0.3, -0.25) is 4.57 Å². The smallest absolute Gasteiger partial charge is 0.354 e. The summed E-state index contributed by atoms with van der Waals surface area (Å²) in [5.41, 5.74) is 1.41. The first kappa shape index (κ1) is 24.8. The zero-order valence-electron chi connectivity index (χ0n) is 16.4. The van der Waals surface area contributed by atoms with Crippen LogP contribution in [-0.4, -0.2) is 10.00 Å². The molecule has 1 atom stereocenters. The van der Waals surface area contributed by atoms with E-state index in [1.165, 1.54) is 30.3 Å². The summed E-state index contributed by atoms with van der Waals surface area (Å²) in [5, 5.41) is 10.1. The Morgan fingerprint density at radius 1 is 1.23 bits per heavy atom. The minimum absolute atomic E-state index is 0.0454. The molecule has 2 N–H and O–H groups in total. The van der Waals surface area contributed by atoms with Crippen molar-refractivity contribution < 1.29 is 23.7 Å². The van der Waals surface area contributed by atoms with Crippen molar-refractivity contribution in [1.29, 1.82) is 0 Å². The molecule has 0 saturated heterocycles. The van der Waals surface area contributed by atoms with Gasteiger partial charge >= 0.3 is 7.52 Å². The predicted molar refractivity (Wildman–Crippen MR) is 120 cm³/mol. The highest BCUT2D eigenvalue weighted by atomic mass is 35.5. The van der Waals surface area contributed by atoms with E-state index in [0.717, 1.165) is 5.56 Å². The molecule has 2 rings (SSSR count). The lowest BCUT2D eigenvalue weighted by Gasteiger charge is -2.14. The third-order valence-electron chi connectivity index (χ3n) is 4.07. The van der Waals surface area contributed by atoms with Crippen LogP contribution in [0.15, 0.2) is 77.2 Å². The molecule has 0 aliphatic carbocycles. The van der Waals surface area contributed by atoms with Crippen molar-refractivity contribution in [2.24, 2.45) is 4.95 Å². The molecule has 0 fully saturated rings. The Labute approximate surface area is 188 Å². The minimum Gasteiger partial charge on any atom is -0.508 e. The second-order valence-corrected chi connectivity index (χ2v) is 9.13. The number of hydrogen-bond acceptors (Lipinski definition) is 4. The molecular formula is C21H19Cl2FNO5P. The average Bonchev–Trinajstić information content (AvgIpc) is 2.70. The minimum atomic E-state index is -4.22. The van der Waals surface area contributed by atoms with Crippen LogP contribution in [0.1, 0.15) is 18.1 Å². The van der Waals surface area contributed by atoms with Gasteiger partial charge in [0, 0.05) is 16.9 Å². The lowest BCUT2D eigenvalue weighted by atomic mass is 10.0. The van der Waals surface area contributed by atoms with Gasteiger partial charge in [-0.25, -0.2) is 4.39 Å². The Morgan fingerprint density at radius 2 is 1.81 bits per heavy atom. The van der Waals surface area contributed by atoms with Crippen LogP contribution in [-0.2, 0) is 17.1 Å². The van der Waals surface area contributed by atoms with Crippen LogP contribution in [0.5, 0.6) is 5.75 Å². The summed E-state index contributed by atoms with van der Waals surface area (Å²) in [7, 11) is -4.22. The SMILES string of the molecule is C=C(O)/C(=C\C(=C/C)Oc1c(Cl)cc(CP(=O)(O)N=O)cc1Cl)Cc1ccc(F)cc1. The van der Waals surface area contributed by atoms with E-state index >= 15 is 0 Å². The van der Waals surface area contributed by atoms with Crippen LogP contribution >= 0.6 is 30.7 Å². The van der Waals surface area contributed by atoms with Crippen molar-refractivity contribution in [1.82, 2.24) is 0 Å². The summed E-state index contributed by atoms with van der Waals surface area (Å²) < 4.78 is 30.4. The maximum atomic E-state index is 13.1. The zero-order valence-corrected chi connectivity index (χ0v) is 18.8. The molecule has 10 heteroatoms. The normalized spacial score (nSPS) is 14.1. The molecule has 0 amide bonds. The van der Waals surface area contributed by atoms with Crippen LogP contribution in [0.3, 0.4) is 0 Å². The van der Waals surface area contributed by atoms with Gasteiger partial charge in [0.1, 0.15) is 17.3 Å². The monoisotopic (exact) mass is 485 g/mol. The van der Waals surface area contributed by atoms with Gasteiger partial charge in [-0.15, -0.1) is 4.91 Å². The lowest BCUT2D eigenvalue weighted by molar-refractivity contribution is 0.417. The largest absolute Gasteiger partial charge is 0.508 e. The lowest BCUT2D eigenvalue weighted by Crippen LogP contribution is -2.00. The van der Waals surface area contributed by atoms with Crippen molar-refractivity contribution in [3.05, 3.63) is 104 Å². The highest BCUT2D eigenvalue weighted by Gasteiger charge is 2.21. The van der Waals surface area contributed by atoms with E-state index in [1.54, 1.807) is 25.1 Å². The Balaban J connectivity index is 2.30. The number of aliphatic hydroxyl groups excluding tert-OH is 1. The highest BCUT2D eigenvalue weighted by Crippen LogP contribution is 2.47. The van der Waals surface area contributed by atoms with Crippen molar-refractivity contribution in [3.8, 4) is 5.75 Å². The average molecular weight is 486 g/mol. The Morgan fingerprint density at radius 3 is 2.29 bits per heavy atom. The first-order chi connectivity index (χ1) is 14.5. The molecular weight excluding hydrogens is 467 g/mol. The number of halogens is 3. The number of rotatable bonds is 9. The number of ether oxygens (including phenoxy) is 1. The molecule has 1 unspecified atom stereocenters. The Kier molecular flexibility index (Phi) is 8.60. The van der Waals surface area contributed by atoms with E-state index in [4.69, 9.17) is 27.9 Å². The summed E-state index contributed by atoms with van der Waals surface area (Å²) in [5.74, 6) is -0.206. The molecule has 31 heavy (non-hydrogen) atoms. The third kappa shape index (κ3) is 7.33. The molecule has 0 spiro atoms. The predicted octanol–water partition coefficient (Wildman–Crippen LogP) is 7.11. The molecule has 0 aromatic heterocycles. The first-order valence-electron chi connectivity index (χ1n) is 8.86. The summed E-state index contributed by atoms with van der Waals surface area (Å²) >= 11 is 12.4. The summed E-state index contributed by atoms with van der Waals surface area (Å²) in [4.78, 5) is 22.1. The summed E-state index contributed by atoms with van der Waals surface area (Å²) in [6.45, 7) is 5.24. The van der Waals surface area contributed by atoms with E-state index in [0.29, 0.717) is 5.57 Å².